The molecular weight excluding hydrogens is 250 g/mol. The van der Waals surface area contributed by atoms with Gasteiger partial charge in [-0.1, -0.05) is 43.1 Å². The lowest BCUT2D eigenvalue weighted by Gasteiger charge is -2.20. The van der Waals surface area contributed by atoms with Crippen molar-refractivity contribution in [2.24, 2.45) is 0 Å². The first kappa shape index (κ1) is 13.3. The molecule has 0 aromatic heterocycles. The molecule has 2 atom stereocenters. The van der Waals surface area contributed by atoms with Crippen LogP contribution in [-0.4, -0.2) is 17.0 Å². The smallest absolute Gasteiger partial charge is 0.0450 e. The summed E-state index contributed by atoms with van der Waals surface area (Å²) in [5.41, 5.74) is 1.21. The van der Waals surface area contributed by atoms with Crippen LogP contribution in [0.15, 0.2) is 24.3 Å². The van der Waals surface area contributed by atoms with Gasteiger partial charge in [0.15, 0.2) is 0 Å². The summed E-state index contributed by atoms with van der Waals surface area (Å²) in [6, 6.07) is 8.77. The third-order valence-electron chi connectivity index (χ3n) is 3.35. The van der Waals surface area contributed by atoms with Gasteiger partial charge in [0.1, 0.15) is 0 Å². The second-order valence-electron chi connectivity index (χ2n) is 4.50. The van der Waals surface area contributed by atoms with Crippen LogP contribution in [0.1, 0.15) is 31.7 Å². The predicted octanol–water partition coefficient (Wildman–Crippen LogP) is 4.10. The molecule has 0 heterocycles. The lowest BCUT2D eigenvalue weighted by atomic mass is 10.2. The highest BCUT2D eigenvalue weighted by molar-refractivity contribution is 7.99. The fourth-order valence-corrected chi connectivity index (χ4v) is 3.88. The molecule has 17 heavy (non-hydrogen) atoms. The van der Waals surface area contributed by atoms with Crippen LogP contribution in [0.5, 0.6) is 0 Å². The maximum absolute atomic E-state index is 6.16. The van der Waals surface area contributed by atoms with Crippen LogP contribution in [-0.2, 0) is 6.54 Å². The minimum Gasteiger partial charge on any atom is -0.309 e. The van der Waals surface area contributed by atoms with E-state index in [1.807, 2.05) is 12.1 Å². The summed E-state index contributed by atoms with van der Waals surface area (Å²) in [6.45, 7) is 3.14. The van der Waals surface area contributed by atoms with Gasteiger partial charge >= 0.3 is 0 Å². The molecule has 0 aliphatic heterocycles. The van der Waals surface area contributed by atoms with E-state index >= 15 is 0 Å². The zero-order valence-corrected chi connectivity index (χ0v) is 11.9. The summed E-state index contributed by atoms with van der Waals surface area (Å²) in [6.07, 6.45) is 4.03. The van der Waals surface area contributed by atoms with Crippen molar-refractivity contribution in [3.8, 4) is 0 Å². The van der Waals surface area contributed by atoms with Gasteiger partial charge in [-0.25, -0.2) is 0 Å². The quantitative estimate of drug-likeness (QED) is 0.864. The third kappa shape index (κ3) is 3.64. The van der Waals surface area contributed by atoms with Gasteiger partial charge in [-0.2, -0.15) is 11.8 Å². The number of halogens is 1. The number of rotatable bonds is 5. The van der Waals surface area contributed by atoms with Gasteiger partial charge in [0.25, 0.3) is 0 Å². The Hall–Kier alpha value is -0.180. The zero-order valence-electron chi connectivity index (χ0n) is 10.3. The molecule has 1 N–H and O–H groups in total. The van der Waals surface area contributed by atoms with E-state index in [9.17, 15) is 0 Å². The molecule has 1 nitrogen and oxygen atoms in total. The minimum atomic E-state index is 0.663. The molecule has 94 valence electrons. The second kappa shape index (κ2) is 6.67. The van der Waals surface area contributed by atoms with Gasteiger partial charge in [-0.05, 0) is 30.2 Å². The number of nitrogens with one attached hydrogen (secondary N) is 1. The maximum Gasteiger partial charge on any atom is 0.0450 e. The van der Waals surface area contributed by atoms with Crippen molar-refractivity contribution < 1.29 is 0 Å². The van der Waals surface area contributed by atoms with Crippen LogP contribution in [0.2, 0.25) is 5.02 Å². The van der Waals surface area contributed by atoms with E-state index in [1.165, 1.54) is 30.6 Å². The highest BCUT2D eigenvalue weighted by Gasteiger charge is 2.26. The maximum atomic E-state index is 6.16. The molecular formula is C14H20ClNS. The molecule has 3 heteroatoms. The summed E-state index contributed by atoms with van der Waals surface area (Å²) in [4.78, 5) is 0. The first-order chi connectivity index (χ1) is 8.31. The zero-order chi connectivity index (χ0) is 12.1. The first-order valence-corrected chi connectivity index (χ1v) is 7.82. The Balaban J connectivity index is 1.87. The van der Waals surface area contributed by atoms with Gasteiger partial charge < -0.3 is 5.32 Å². The second-order valence-corrected chi connectivity index (χ2v) is 6.43. The Labute approximate surface area is 113 Å². The normalized spacial score (nSPS) is 24.1. The molecule has 2 unspecified atom stereocenters. The topological polar surface area (TPSA) is 12.0 Å². The SMILES string of the molecule is CCSC1CCCC1NCc1ccccc1Cl. The lowest BCUT2D eigenvalue weighted by Crippen LogP contribution is -2.33. The molecule has 0 amide bonds. The average Bonchev–Trinajstić information content (AvgIpc) is 2.76. The molecule has 0 radical (unpaired) electrons. The van der Waals surface area contributed by atoms with E-state index in [0.29, 0.717) is 6.04 Å². The summed E-state index contributed by atoms with van der Waals surface area (Å²) >= 11 is 8.25. The Bertz CT molecular complexity index is 356. The molecule has 1 aromatic carbocycles. The average molecular weight is 270 g/mol. The van der Waals surface area contributed by atoms with Gasteiger partial charge in [-0.3, -0.25) is 0 Å². The summed E-state index contributed by atoms with van der Waals surface area (Å²) in [7, 11) is 0. The van der Waals surface area contributed by atoms with Crippen molar-refractivity contribution in [3.63, 3.8) is 0 Å². The Morgan fingerprint density at radius 3 is 2.94 bits per heavy atom. The number of thioether (sulfide) groups is 1. The largest absolute Gasteiger partial charge is 0.309 e. The van der Waals surface area contributed by atoms with Gasteiger partial charge in [0.05, 0.1) is 0 Å². The van der Waals surface area contributed by atoms with Gasteiger partial charge in [0.2, 0.25) is 0 Å². The fraction of sp³-hybridized carbons (Fsp3) is 0.571. The van der Waals surface area contributed by atoms with E-state index in [1.54, 1.807) is 0 Å². The summed E-state index contributed by atoms with van der Waals surface area (Å²) in [5, 5.41) is 5.34. The summed E-state index contributed by atoms with van der Waals surface area (Å²) in [5.74, 6) is 1.22. The van der Waals surface area contributed by atoms with Crippen molar-refractivity contribution in [1.29, 1.82) is 0 Å². The van der Waals surface area contributed by atoms with Crippen LogP contribution in [0.4, 0.5) is 0 Å². The first-order valence-electron chi connectivity index (χ1n) is 6.39. The van der Waals surface area contributed by atoms with Crippen LogP contribution in [0, 0.1) is 0 Å². The van der Waals surface area contributed by atoms with E-state index < -0.39 is 0 Å². The predicted molar refractivity (Wildman–Crippen MR) is 77.9 cm³/mol. The minimum absolute atomic E-state index is 0.663. The third-order valence-corrected chi connectivity index (χ3v) is 5.04. The van der Waals surface area contributed by atoms with E-state index in [0.717, 1.165) is 16.8 Å². The highest BCUT2D eigenvalue weighted by atomic mass is 35.5. The van der Waals surface area contributed by atoms with Gasteiger partial charge in [0, 0.05) is 22.9 Å². The molecule has 1 fully saturated rings. The standard InChI is InChI=1S/C14H20ClNS/c1-2-17-14-9-5-8-13(14)16-10-11-6-3-4-7-12(11)15/h3-4,6-7,13-14,16H,2,5,8-10H2,1H3. The van der Waals surface area contributed by atoms with E-state index in [-0.39, 0.29) is 0 Å². The molecule has 0 spiro atoms. The molecule has 1 aliphatic rings. The van der Waals surface area contributed by atoms with Crippen LogP contribution < -0.4 is 5.32 Å². The number of hydrogen-bond donors (Lipinski definition) is 1. The Morgan fingerprint density at radius 2 is 2.18 bits per heavy atom. The molecule has 2 rings (SSSR count). The molecule has 1 saturated carbocycles. The van der Waals surface area contributed by atoms with E-state index in [2.05, 4.69) is 36.1 Å². The van der Waals surface area contributed by atoms with Crippen LogP contribution in [0.25, 0.3) is 0 Å². The molecule has 0 bridgehead atoms. The van der Waals surface area contributed by atoms with Crippen molar-refractivity contribution in [3.05, 3.63) is 34.9 Å². The Kier molecular flexibility index (Phi) is 5.20. The van der Waals surface area contributed by atoms with Crippen molar-refractivity contribution in [2.75, 3.05) is 5.75 Å². The Morgan fingerprint density at radius 1 is 1.35 bits per heavy atom. The van der Waals surface area contributed by atoms with Crippen LogP contribution in [0.3, 0.4) is 0 Å². The molecule has 1 aromatic rings. The summed E-state index contributed by atoms with van der Waals surface area (Å²) < 4.78 is 0. The molecule has 0 saturated heterocycles. The number of hydrogen-bond acceptors (Lipinski definition) is 2. The molecule has 1 aliphatic carbocycles. The number of benzene rings is 1. The van der Waals surface area contributed by atoms with Gasteiger partial charge in [-0.15, -0.1) is 0 Å². The monoisotopic (exact) mass is 269 g/mol. The van der Waals surface area contributed by atoms with Crippen molar-refractivity contribution >= 4 is 23.4 Å². The van der Waals surface area contributed by atoms with Crippen LogP contribution >= 0.6 is 23.4 Å². The lowest BCUT2D eigenvalue weighted by molar-refractivity contribution is 0.532. The van der Waals surface area contributed by atoms with Crippen molar-refractivity contribution in [1.82, 2.24) is 5.32 Å². The van der Waals surface area contributed by atoms with E-state index in [4.69, 9.17) is 11.6 Å². The fourth-order valence-electron chi connectivity index (χ4n) is 2.46. The highest BCUT2D eigenvalue weighted by Crippen LogP contribution is 2.30. The van der Waals surface area contributed by atoms with Crippen molar-refractivity contribution in [2.45, 2.75) is 44.0 Å².